The molecule has 6 heteroatoms. The topological polar surface area (TPSA) is 85.5 Å². The van der Waals surface area contributed by atoms with E-state index in [9.17, 15) is 15.8 Å². The quantitative estimate of drug-likeness (QED) is 0.351. The molecule has 0 unspecified atom stereocenters. The van der Waals surface area contributed by atoms with E-state index in [0.29, 0.717) is 4.88 Å². The van der Waals surface area contributed by atoms with E-state index in [2.05, 4.69) is 22.8 Å². The highest BCUT2D eigenvalue weighted by molar-refractivity contribution is 7.16. The predicted octanol–water partition coefficient (Wildman–Crippen LogP) is 6.21. The summed E-state index contributed by atoms with van der Waals surface area (Å²) in [5, 5.41) is 27.9. The van der Waals surface area contributed by atoms with Crippen LogP contribution in [-0.4, -0.2) is 11.7 Å². The van der Waals surface area contributed by atoms with Crippen molar-refractivity contribution >= 4 is 16.9 Å². The summed E-state index contributed by atoms with van der Waals surface area (Å²) in [7, 11) is 1.63. The Hall–Kier alpha value is -4.57. The third kappa shape index (κ3) is 3.77. The molecule has 0 bridgehead atoms. The van der Waals surface area contributed by atoms with Gasteiger partial charge in [0, 0.05) is 10.6 Å². The minimum absolute atomic E-state index is 0.0945. The van der Waals surface area contributed by atoms with Gasteiger partial charge in [0.1, 0.15) is 29.5 Å². The van der Waals surface area contributed by atoms with Gasteiger partial charge in [-0.1, -0.05) is 30.3 Å². The average Bonchev–Trinajstić information content (AvgIpc) is 3.50. The van der Waals surface area contributed by atoms with E-state index in [4.69, 9.17) is 4.74 Å². The van der Waals surface area contributed by atoms with Gasteiger partial charge in [0.15, 0.2) is 0 Å². The van der Waals surface area contributed by atoms with Crippen LogP contribution in [0.1, 0.15) is 4.88 Å². The van der Waals surface area contributed by atoms with E-state index in [1.807, 2.05) is 72.8 Å². The molecule has 0 saturated carbocycles. The SMILES string of the molecule is COc1ccc(-n2c(-c3ccccc3)ccc2-c2ccc(C(C#N)=C(C#N)C#N)s2)cc1. The molecule has 4 aromatic rings. The molecular weight excluding hydrogens is 416 g/mol. The standard InChI is InChI=1S/C26H16N4OS/c1-31-21-9-7-20(8-10-21)30-23(18-5-3-2-4-6-18)11-12-24(30)26-14-13-25(32-26)22(17-29)19(15-27)16-28/h2-14H,1H3. The minimum atomic E-state index is -0.184. The van der Waals surface area contributed by atoms with Gasteiger partial charge in [-0.05, 0) is 54.1 Å². The molecule has 0 fully saturated rings. The highest BCUT2D eigenvalue weighted by Gasteiger charge is 2.17. The molecule has 0 N–H and O–H groups in total. The van der Waals surface area contributed by atoms with E-state index in [0.717, 1.165) is 33.3 Å². The van der Waals surface area contributed by atoms with Crippen molar-refractivity contribution in [1.82, 2.24) is 4.57 Å². The second-order valence-corrected chi connectivity index (χ2v) is 7.84. The molecule has 0 atom stereocenters. The number of aromatic nitrogens is 1. The van der Waals surface area contributed by atoms with Gasteiger partial charge < -0.3 is 9.30 Å². The Labute approximate surface area is 189 Å². The highest BCUT2D eigenvalue weighted by atomic mass is 32.1. The maximum Gasteiger partial charge on any atom is 0.148 e. The molecular formula is C26H16N4OS. The normalized spacial score (nSPS) is 9.94. The van der Waals surface area contributed by atoms with Gasteiger partial charge in [0.05, 0.1) is 28.9 Å². The average molecular weight is 433 g/mol. The fourth-order valence-corrected chi connectivity index (χ4v) is 4.48. The summed E-state index contributed by atoms with van der Waals surface area (Å²) < 4.78 is 7.45. The van der Waals surface area contributed by atoms with E-state index >= 15 is 0 Å². The Balaban J connectivity index is 1.90. The molecule has 2 aromatic carbocycles. The van der Waals surface area contributed by atoms with Crippen LogP contribution in [0.2, 0.25) is 0 Å². The smallest absolute Gasteiger partial charge is 0.148 e. The van der Waals surface area contributed by atoms with Crippen molar-refractivity contribution in [2.75, 3.05) is 7.11 Å². The zero-order valence-electron chi connectivity index (χ0n) is 17.1. The van der Waals surface area contributed by atoms with Gasteiger partial charge >= 0.3 is 0 Å². The van der Waals surface area contributed by atoms with Crippen LogP contribution in [0.25, 0.3) is 33.1 Å². The summed E-state index contributed by atoms with van der Waals surface area (Å²) in [6.45, 7) is 0. The van der Waals surface area contributed by atoms with Crippen LogP contribution in [0.5, 0.6) is 5.75 Å². The van der Waals surface area contributed by atoms with Crippen molar-refractivity contribution in [3.63, 3.8) is 0 Å². The molecule has 4 rings (SSSR count). The van der Waals surface area contributed by atoms with Gasteiger partial charge in [-0.25, -0.2) is 0 Å². The second kappa shape index (κ2) is 9.06. The number of allylic oxidation sites excluding steroid dienone is 2. The Bertz CT molecular complexity index is 1410. The lowest BCUT2D eigenvalue weighted by atomic mass is 10.1. The van der Waals surface area contributed by atoms with E-state index in [-0.39, 0.29) is 11.1 Å². The number of nitriles is 3. The van der Waals surface area contributed by atoms with Crippen LogP contribution >= 0.6 is 11.3 Å². The molecule has 32 heavy (non-hydrogen) atoms. The number of hydrogen-bond donors (Lipinski definition) is 0. The van der Waals surface area contributed by atoms with Crippen LogP contribution in [0, 0.1) is 34.0 Å². The first-order valence-electron chi connectivity index (χ1n) is 9.67. The summed E-state index contributed by atoms with van der Waals surface area (Å²) in [6.07, 6.45) is 0. The van der Waals surface area contributed by atoms with Crippen LogP contribution in [-0.2, 0) is 0 Å². The number of ether oxygens (including phenoxy) is 1. The Kier molecular flexibility index (Phi) is 5.86. The number of hydrogen-bond acceptors (Lipinski definition) is 5. The fourth-order valence-electron chi connectivity index (χ4n) is 3.45. The van der Waals surface area contributed by atoms with Crippen molar-refractivity contribution in [1.29, 1.82) is 15.8 Å². The zero-order chi connectivity index (χ0) is 22.5. The molecule has 2 aromatic heterocycles. The molecule has 0 saturated heterocycles. The van der Waals surface area contributed by atoms with Crippen molar-refractivity contribution in [2.24, 2.45) is 0 Å². The molecule has 0 aliphatic rings. The van der Waals surface area contributed by atoms with E-state index in [1.54, 1.807) is 13.2 Å². The maximum absolute atomic E-state index is 9.51. The van der Waals surface area contributed by atoms with Gasteiger partial charge in [0.25, 0.3) is 0 Å². The third-order valence-corrected chi connectivity index (χ3v) is 6.10. The molecule has 0 spiro atoms. The predicted molar refractivity (Wildman–Crippen MR) is 125 cm³/mol. The molecule has 0 aliphatic heterocycles. The number of benzene rings is 2. The molecule has 152 valence electrons. The van der Waals surface area contributed by atoms with Crippen molar-refractivity contribution in [2.45, 2.75) is 0 Å². The summed E-state index contributed by atoms with van der Waals surface area (Å²) in [5.74, 6) is 0.770. The van der Waals surface area contributed by atoms with Crippen molar-refractivity contribution in [3.05, 3.63) is 89.3 Å². The molecule has 2 heterocycles. The molecule has 0 radical (unpaired) electrons. The summed E-state index contributed by atoms with van der Waals surface area (Å²) >= 11 is 1.37. The maximum atomic E-state index is 9.51. The first kappa shape index (κ1) is 20.7. The Morgan fingerprint density at radius 1 is 0.781 bits per heavy atom. The first-order chi connectivity index (χ1) is 15.7. The molecule has 0 aliphatic carbocycles. The van der Waals surface area contributed by atoms with E-state index < -0.39 is 0 Å². The van der Waals surface area contributed by atoms with E-state index in [1.165, 1.54) is 11.3 Å². The summed E-state index contributed by atoms with van der Waals surface area (Å²) in [4.78, 5) is 1.50. The number of rotatable bonds is 5. The number of nitrogens with zero attached hydrogens (tertiary/aromatic N) is 4. The minimum Gasteiger partial charge on any atom is -0.497 e. The number of methoxy groups -OCH3 is 1. The highest BCUT2D eigenvalue weighted by Crippen LogP contribution is 2.38. The van der Waals surface area contributed by atoms with Crippen LogP contribution in [0.4, 0.5) is 0 Å². The monoisotopic (exact) mass is 432 g/mol. The Morgan fingerprint density at radius 2 is 1.47 bits per heavy atom. The van der Waals surface area contributed by atoms with Gasteiger partial charge in [-0.15, -0.1) is 11.3 Å². The van der Waals surface area contributed by atoms with Crippen LogP contribution in [0.3, 0.4) is 0 Å². The zero-order valence-corrected chi connectivity index (χ0v) is 17.9. The van der Waals surface area contributed by atoms with Gasteiger partial charge in [0.2, 0.25) is 0 Å². The second-order valence-electron chi connectivity index (χ2n) is 6.75. The lowest BCUT2D eigenvalue weighted by molar-refractivity contribution is 0.415. The summed E-state index contributed by atoms with van der Waals surface area (Å²) in [6, 6.07) is 31.3. The van der Waals surface area contributed by atoms with Gasteiger partial charge in [-0.2, -0.15) is 15.8 Å². The Morgan fingerprint density at radius 3 is 2.09 bits per heavy atom. The largest absolute Gasteiger partial charge is 0.497 e. The lowest BCUT2D eigenvalue weighted by Crippen LogP contribution is -1.98. The summed E-state index contributed by atoms with van der Waals surface area (Å²) in [5.41, 5.74) is 3.91. The molecule has 0 amide bonds. The third-order valence-electron chi connectivity index (χ3n) is 4.97. The van der Waals surface area contributed by atoms with Crippen LogP contribution < -0.4 is 4.74 Å². The fraction of sp³-hybridized carbons (Fsp3) is 0.0385. The van der Waals surface area contributed by atoms with Crippen LogP contribution in [0.15, 0.2) is 84.4 Å². The first-order valence-corrected chi connectivity index (χ1v) is 10.5. The van der Waals surface area contributed by atoms with Crippen molar-refractivity contribution in [3.8, 4) is 51.5 Å². The van der Waals surface area contributed by atoms with Crippen molar-refractivity contribution < 1.29 is 4.74 Å². The lowest BCUT2D eigenvalue weighted by Gasteiger charge is -2.14. The number of thiophene rings is 1. The molecule has 5 nitrogen and oxygen atoms in total. The van der Waals surface area contributed by atoms with Gasteiger partial charge in [-0.3, -0.25) is 0 Å².